The van der Waals surface area contributed by atoms with E-state index in [0.717, 1.165) is 13.1 Å². The molecule has 160 valence electrons. The van der Waals surface area contributed by atoms with Crippen molar-refractivity contribution in [1.82, 2.24) is 20.9 Å². The van der Waals surface area contributed by atoms with Gasteiger partial charge in [0.05, 0.1) is 0 Å². The lowest BCUT2D eigenvalue weighted by atomic mass is 10.1. The van der Waals surface area contributed by atoms with Gasteiger partial charge in [-0.15, -0.1) is 49.6 Å². The first-order chi connectivity index (χ1) is 10.2. The highest BCUT2D eigenvalue weighted by Crippen LogP contribution is 2.01. The van der Waals surface area contributed by atoms with Crippen LogP contribution in [0.2, 0.25) is 0 Å². The summed E-state index contributed by atoms with van der Waals surface area (Å²) in [4.78, 5) is 2.25. The number of rotatable bonds is 16. The van der Waals surface area contributed by atoms with E-state index in [9.17, 15) is 0 Å². The lowest BCUT2D eigenvalue weighted by Crippen LogP contribution is -2.27. The smallest absolute Gasteiger partial charge is 0.00478 e. The van der Waals surface area contributed by atoms with E-state index in [0.29, 0.717) is 6.04 Å². The number of nitrogens with one attached hydrogen (secondary N) is 3. The lowest BCUT2D eigenvalue weighted by Gasteiger charge is -2.10. The highest BCUT2D eigenvalue weighted by molar-refractivity contribution is 5.86. The molecule has 4 nitrogen and oxygen atoms in total. The second-order valence-corrected chi connectivity index (χ2v) is 6.40. The van der Waals surface area contributed by atoms with Gasteiger partial charge >= 0.3 is 0 Å². The van der Waals surface area contributed by atoms with E-state index >= 15 is 0 Å². The van der Waals surface area contributed by atoms with Crippen molar-refractivity contribution < 1.29 is 0 Å². The van der Waals surface area contributed by atoms with Crippen molar-refractivity contribution in [1.29, 1.82) is 0 Å². The molecule has 0 amide bonds. The second kappa shape index (κ2) is 29.8. The molecule has 0 heterocycles. The maximum absolute atomic E-state index is 3.53. The second-order valence-electron chi connectivity index (χ2n) is 6.40. The topological polar surface area (TPSA) is 39.3 Å². The van der Waals surface area contributed by atoms with Gasteiger partial charge < -0.3 is 20.9 Å². The minimum Gasteiger partial charge on any atom is -0.317 e. The van der Waals surface area contributed by atoms with Crippen LogP contribution in [0.15, 0.2) is 0 Å². The van der Waals surface area contributed by atoms with Gasteiger partial charge in [0, 0.05) is 6.04 Å². The zero-order valence-electron chi connectivity index (χ0n) is 16.6. The molecule has 0 aromatic heterocycles. The van der Waals surface area contributed by atoms with Gasteiger partial charge in [-0.3, -0.25) is 0 Å². The van der Waals surface area contributed by atoms with E-state index in [4.69, 9.17) is 0 Å². The van der Waals surface area contributed by atoms with E-state index in [-0.39, 0.29) is 49.6 Å². The Bertz CT molecular complexity index is 213. The Morgan fingerprint density at radius 1 is 0.680 bits per heavy atom. The molecule has 0 aliphatic carbocycles. The molecular weight excluding hydrogens is 402 g/mol. The number of nitrogens with zero attached hydrogens (tertiary/aromatic N) is 1. The summed E-state index contributed by atoms with van der Waals surface area (Å²) in [5.74, 6) is 0. The first kappa shape index (κ1) is 36.8. The molecule has 1 unspecified atom stereocenters. The quantitative estimate of drug-likeness (QED) is 0.316. The van der Waals surface area contributed by atoms with E-state index in [1.807, 2.05) is 7.05 Å². The highest BCUT2D eigenvalue weighted by atomic mass is 35.5. The van der Waals surface area contributed by atoms with E-state index < -0.39 is 0 Å². The van der Waals surface area contributed by atoms with Gasteiger partial charge in [0.2, 0.25) is 0 Å². The minimum absolute atomic E-state index is 0. The number of halogens is 4. The molecular formula is C17H44Cl4N4. The summed E-state index contributed by atoms with van der Waals surface area (Å²) in [6, 6.07) is 0.628. The van der Waals surface area contributed by atoms with Crippen molar-refractivity contribution in [3.05, 3.63) is 0 Å². The summed E-state index contributed by atoms with van der Waals surface area (Å²) in [6.07, 6.45) is 9.25. The molecule has 0 spiro atoms. The standard InChI is InChI=1S/C17H40N4.4ClH/c1-17(18-2)11-15-20-13-9-7-5-6-8-12-19-14-10-16-21(3)4;;;;/h17-20H,5-16H2,1-4H3;4*1H. The van der Waals surface area contributed by atoms with Crippen LogP contribution in [0.1, 0.15) is 51.9 Å². The van der Waals surface area contributed by atoms with Crippen molar-refractivity contribution in [2.75, 3.05) is 53.9 Å². The summed E-state index contributed by atoms with van der Waals surface area (Å²) in [6.45, 7) is 8.09. The van der Waals surface area contributed by atoms with E-state index in [1.165, 1.54) is 64.6 Å². The molecule has 8 heteroatoms. The monoisotopic (exact) mass is 444 g/mol. The third-order valence-corrected chi connectivity index (χ3v) is 3.91. The average Bonchev–Trinajstić information content (AvgIpc) is 2.46. The third kappa shape index (κ3) is 33.1. The molecule has 0 aromatic carbocycles. The van der Waals surface area contributed by atoms with Crippen LogP contribution < -0.4 is 16.0 Å². The third-order valence-electron chi connectivity index (χ3n) is 3.91. The number of hydrogen-bond donors (Lipinski definition) is 3. The normalized spacial score (nSPS) is 10.9. The van der Waals surface area contributed by atoms with Crippen LogP contribution in [0.3, 0.4) is 0 Å². The van der Waals surface area contributed by atoms with Gasteiger partial charge in [-0.25, -0.2) is 0 Å². The molecule has 0 saturated carbocycles. The van der Waals surface area contributed by atoms with E-state index in [2.05, 4.69) is 41.9 Å². The largest absolute Gasteiger partial charge is 0.317 e. The summed E-state index contributed by atoms with van der Waals surface area (Å²) < 4.78 is 0. The molecule has 0 radical (unpaired) electrons. The predicted octanol–water partition coefficient (Wildman–Crippen LogP) is 3.75. The highest BCUT2D eigenvalue weighted by Gasteiger charge is 1.96. The summed E-state index contributed by atoms with van der Waals surface area (Å²) in [5, 5.41) is 10.3. The summed E-state index contributed by atoms with van der Waals surface area (Å²) in [5.41, 5.74) is 0. The number of unbranched alkanes of at least 4 members (excludes halogenated alkanes) is 4. The molecule has 0 aliphatic rings. The van der Waals surface area contributed by atoms with Gasteiger partial charge in [0.15, 0.2) is 0 Å². The fourth-order valence-electron chi connectivity index (χ4n) is 2.26. The van der Waals surface area contributed by atoms with Crippen LogP contribution in [0.4, 0.5) is 0 Å². The fourth-order valence-corrected chi connectivity index (χ4v) is 2.26. The Hall–Kier alpha value is 1.00. The molecule has 25 heavy (non-hydrogen) atoms. The van der Waals surface area contributed by atoms with Crippen LogP contribution >= 0.6 is 49.6 Å². The summed E-state index contributed by atoms with van der Waals surface area (Å²) >= 11 is 0. The zero-order chi connectivity index (χ0) is 15.8. The first-order valence-electron chi connectivity index (χ1n) is 8.90. The van der Waals surface area contributed by atoms with Gasteiger partial charge in [-0.1, -0.05) is 19.3 Å². The predicted molar refractivity (Wildman–Crippen MR) is 124 cm³/mol. The minimum atomic E-state index is 0. The fraction of sp³-hybridized carbons (Fsp3) is 1.00. The molecule has 0 saturated heterocycles. The van der Waals surface area contributed by atoms with Gasteiger partial charge in [0.1, 0.15) is 0 Å². The van der Waals surface area contributed by atoms with Crippen LogP contribution in [-0.2, 0) is 0 Å². The van der Waals surface area contributed by atoms with Gasteiger partial charge in [0.25, 0.3) is 0 Å². The zero-order valence-corrected chi connectivity index (χ0v) is 19.9. The first-order valence-corrected chi connectivity index (χ1v) is 8.90. The van der Waals surface area contributed by atoms with Crippen molar-refractivity contribution in [2.45, 2.75) is 57.9 Å². The Balaban J connectivity index is -0.000000333. The Kier molecular flexibility index (Phi) is 43.9. The van der Waals surface area contributed by atoms with Crippen molar-refractivity contribution in [2.24, 2.45) is 0 Å². The molecule has 0 aliphatic heterocycles. The molecule has 1 atom stereocenters. The molecule has 0 rings (SSSR count). The lowest BCUT2D eigenvalue weighted by molar-refractivity contribution is 0.393. The SMILES string of the molecule is CNC(C)CCNCCCCCCCNCCCN(C)C.Cl.Cl.Cl.Cl. The van der Waals surface area contributed by atoms with Gasteiger partial charge in [-0.05, 0) is 86.5 Å². The summed E-state index contributed by atoms with van der Waals surface area (Å²) in [7, 11) is 6.30. The Labute approximate surface area is 182 Å². The molecule has 0 bridgehead atoms. The molecule has 0 aromatic rings. The Morgan fingerprint density at radius 2 is 1.12 bits per heavy atom. The van der Waals surface area contributed by atoms with Crippen LogP contribution in [-0.4, -0.2) is 64.8 Å². The van der Waals surface area contributed by atoms with Crippen molar-refractivity contribution in [3.8, 4) is 0 Å². The van der Waals surface area contributed by atoms with Crippen LogP contribution in [0.5, 0.6) is 0 Å². The van der Waals surface area contributed by atoms with Crippen LogP contribution in [0, 0.1) is 0 Å². The molecule has 3 N–H and O–H groups in total. The van der Waals surface area contributed by atoms with Crippen molar-refractivity contribution in [3.63, 3.8) is 0 Å². The van der Waals surface area contributed by atoms with E-state index in [1.54, 1.807) is 0 Å². The van der Waals surface area contributed by atoms with Crippen LogP contribution in [0.25, 0.3) is 0 Å². The Morgan fingerprint density at radius 3 is 1.60 bits per heavy atom. The molecule has 0 fully saturated rings. The average molecular weight is 446 g/mol. The van der Waals surface area contributed by atoms with Crippen molar-refractivity contribution >= 4 is 49.6 Å². The van der Waals surface area contributed by atoms with Gasteiger partial charge in [-0.2, -0.15) is 0 Å². The number of hydrogen-bond acceptors (Lipinski definition) is 4. The maximum atomic E-state index is 3.53. The maximum Gasteiger partial charge on any atom is 0.00478 e.